The van der Waals surface area contributed by atoms with E-state index in [2.05, 4.69) is 27.0 Å². The van der Waals surface area contributed by atoms with Gasteiger partial charge in [-0.1, -0.05) is 24.9 Å². The summed E-state index contributed by atoms with van der Waals surface area (Å²) in [7, 11) is 0. The largest absolute Gasteiger partial charge is 0.337 e. The van der Waals surface area contributed by atoms with E-state index in [0.717, 1.165) is 19.3 Å². The van der Waals surface area contributed by atoms with Crippen LogP contribution in [0, 0.1) is 6.92 Å². The quantitative estimate of drug-likeness (QED) is 0.869. The summed E-state index contributed by atoms with van der Waals surface area (Å²) in [5.74, 6) is 1.60. The molecule has 0 aliphatic carbocycles. The first-order valence-electron chi connectivity index (χ1n) is 6.10. The highest BCUT2D eigenvalue weighted by Gasteiger charge is 2.15. The van der Waals surface area contributed by atoms with Crippen LogP contribution in [-0.2, 0) is 0 Å². The van der Waals surface area contributed by atoms with Gasteiger partial charge in [0.15, 0.2) is 0 Å². The molecular weight excluding hydrogens is 230 g/mol. The van der Waals surface area contributed by atoms with Crippen LogP contribution in [0.3, 0.4) is 0 Å². The van der Waals surface area contributed by atoms with E-state index in [1.807, 2.05) is 6.92 Å². The van der Waals surface area contributed by atoms with Crippen LogP contribution in [0.15, 0.2) is 16.8 Å². The van der Waals surface area contributed by atoms with Crippen molar-refractivity contribution in [2.24, 2.45) is 5.73 Å². The Balaban J connectivity index is 2.15. The van der Waals surface area contributed by atoms with Crippen molar-refractivity contribution >= 4 is 0 Å². The lowest BCUT2D eigenvalue weighted by atomic mass is 10.1. The fourth-order valence-electron chi connectivity index (χ4n) is 1.62. The van der Waals surface area contributed by atoms with Crippen molar-refractivity contribution in [3.05, 3.63) is 24.0 Å². The second kappa shape index (κ2) is 5.68. The lowest BCUT2D eigenvalue weighted by Gasteiger charge is -2.03. The molecule has 0 radical (unpaired) electrons. The molecule has 2 N–H and O–H groups in total. The van der Waals surface area contributed by atoms with Gasteiger partial charge in [0.2, 0.25) is 11.7 Å². The van der Waals surface area contributed by atoms with Crippen molar-refractivity contribution in [2.75, 3.05) is 0 Å². The molecule has 0 aromatic carbocycles. The highest BCUT2D eigenvalue weighted by molar-refractivity contribution is 5.46. The molecule has 18 heavy (non-hydrogen) atoms. The molecule has 0 bridgehead atoms. The molecule has 6 nitrogen and oxygen atoms in total. The molecule has 0 aliphatic rings. The molecule has 0 saturated heterocycles. The fourth-order valence-corrected chi connectivity index (χ4v) is 1.62. The summed E-state index contributed by atoms with van der Waals surface area (Å²) >= 11 is 0. The summed E-state index contributed by atoms with van der Waals surface area (Å²) in [6.07, 6.45) is 4.66. The van der Waals surface area contributed by atoms with E-state index in [1.54, 1.807) is 12.3 Å². The Hall–Kier alpha value is -1.82. The van der Waals surface area contributed by atoms with Crippen LogP contribution < -0.4 is 5.73 Å². The lowest BCUT2D eigenvalue weighted by Crippen LogP contribution is -2.10. The van der Waals surface area contributed by atoms with Gasteiger partial charge in [0, 0.05) is 6.20 Å². The summed E-state index contributed by atoms with van der Waals surface area (Å²) in [6, 6.07) is 1.55. The van der Waals surface area contributed by atoms with E-state index in [9.17, 15) is 0 Å². The van der Waals surface area contributed by atoms with Gasteiger partial charge in [-0.25, -0.2) is 9.97 Å². The second-order valence-corrected chi connectivity index (χ2v) is 4.19. The summed E-state index contributed by atoms with van der Waals surface area (Å²) in [6.45, 7) is 3.94. The third-order valence-corrected chi connectivity index (χ3v) is 2.63. The highest BCUT2D eigenvalue weighted by atomic mass is 16.5. The lowest BCUT2D eigenvalue weighted by molar-refractivity contribution is 0.346. The van der Waals surface area contributed by atoms with Gasteiger partial charge in [0.05, 0.1) is 6.04 Å². The third kappa shape index (κ3) is 2.89. The minimum atomic E-state index is -0.200. The normalized spacial score (nSPS) is 12.6. The van der Waals surface area contributed by atoms with Crippen LogP contribution in [0.1, 0.15) is 43.9 Å². The van der Waals surface area contributed by atoms with Crippen LogP contribution >= 0.6 is 0 Å². The summed E-state index contributed by atoms with van der Waals surface area (Å²) in [5, 5.41) is 3.90. The molecule has 1 atom stereocenters. The maximum absolute atomic E-state index is 5.97. The van der Waals surface area contributed by atoms with Crippen LogP contribution in [0.4, 0.5) is 0 Å². The van der Waals surface area contributed by atoms with Crippen molar-refractivity contribution < 1.29 is 4.52 Å². The maximum atomic E-state index is 5.97. The molecule has 0 fully saturated rings. The van der Waals surface area contributed by atoms with Crippen LogP contribution in [-0.4, -0.2) is 20.1 Å². The molecule has 2 rings (SSSR count). The van der Waals surface area contributed by atoms with E-state index in [0.29, 0.717) is 23.2 Å². The van der Waals surface area contributed by atoms with Gasteiger partial charge in [0.25, 0.3) is 0 Å². The SMILES string of the molecule is CCCC[C@H](N)c1nc(-c2ccnc(C)n2)no1. The minimum absolute atomic E-state index is 0.200. The topological polar surface area (TPSA) is 90.7 Å². The number of hydrogen-bond donors (Lipinski definition) is 1. The molecule has 0 saturated carbocycles. The zero-order valence-corrected chi connectivity index (χ0v) is 10.6. The number of nitrogens with zero attached hydrogens (tertiary/aromatic N) is 4. The molecule has 96 valence electrons. The second-order valence-electron chi connectivity index (χ2n) is 4.19. The molecular formula is C12H17N5O. The number of rotatable bonds is 5. The standard InChI is InChI=1S/C12H17N5O/c1-3-4-5-9(13)12-16-11(17-18-12)10-6-7-14-8(2)15-10/h6-7,9H,3-5,13H2,1-2H3/t9-/m0/s1. The minimum Gasteiger partial charge on any atom is -0.337 e. The molecule has 0 aliphatic heterocycles. The van der Waals surface area contributed by atoms with Crippen molar-refractivity contribution in [2.45, 2.75) is 39.2 Å². The Kier molecular flexibility index (Phi) is 3.99. The molecule has 2 aromatic rings. The molecule has 0 amide bonds. The number of nitrogens with two attached hydrogens (primary N) is 1. The van der Waals surface area contributed by atoms with Gasteiger partial charge in [0.1, 0.15) is 11.5 Å². The maximum Gasteiger partial charge on any atom is 0.243 e. The first-order valence-corrected chi connectivity index (χ1v) is 6.10. The zero-order valence-electron chi connectivity index (χ0n) is 10.6. The first-order chi connectivity index (χ1) is 8.70. The number of hydrogen-bond acceptors (Lipinski definition) is 6. The highest BCUT2D eigenvalue weighted by Crippen LogP contribution is 2.18. The Bertz CT molecular complexity index is 511. The van der Waals surface area contributed by atoms with Crippen molar-refractivity contribution in [1.82, 2.24) is 20.1 Å². The van der Waals surface area contributed by atoms with Crippen LogP contribution in [0.25, 0.3) is 11.5 Å². The average molecular weight is 247 g/mol. The predicted molar refractivity (Wildman–Crippen MR) is 66.5 cm³/mol. The Morgan fingerprint density at radius 3 is 2.94 bits per heavy atom. The van der Waals surface area contributed by atoms with E-state index in [-0.39, 0.29) is 6.04 Å². The predicted octanol–water partition coefficient (Wildman–Crippen LogP) is 2.03. The number of unbranched alkanes of at least 4 members (excludes halogenated alkanes) is 1. The van der Waals surface area contributed by atoms with Crippen molar-refractivity contribution in [3.63, 3.8) is 0 Å². The Morgan fingerprint density at radius 2 is 2.22 bits per heavy atom. The molecule has 0 unspecified atom stereocenters. The van der Waals surface area contributed by atoms with E-state index in [1.165, 1.54) is 0 Å². The van der Waals surface area contributed by atoms with Crippen LogP contribution in [0.2, 0.25) is 0 Å². The van der Waals surface area contributed by atoms with Gasteiger partial charge in [-0.05, 0) is 19.4 Å². The molecule has 2 heterocycles. The van der Waals surface area contributed by atoms with Crippen molar-refractivity contribution in [3.8, 4) is 11.5 Å². The monoisotopic (exact) mass is 247 g/mol. The number of aromatic nitrogens is 4. The van der Waals surface area contributed by atoms with E-state index in [4.69, 9.17) is 10.3 Å². The molecule has 6 heteroatoms. The molecule has 0 spiro atoms. The van der Waals surface area contributed by atoms with Gasteiger partial charge < -0.3 is 10.3 Å². The Morgan fingerprint density at radius 1 is 1.39 bits per heavy atom. The third-order valence-electron chi connectivity index (χ3n) is 2.63. The molecule has 2 aromatic heterocycles. The fraction of sp³-hybridized carbons (Fsp3) is 0.500. The smallest absolute Gasteiger partial charge is 0.243 e. The summed E-state index contributed by atoms with van der Waals surface area (Å²) in [5.41, 5.74) is 6.63. The first kappa shape index (κ1) is 12.6. The van der Waals surface area contributed by atoms with Gasteiger partial charge in [-0.15, -0.1) is 0 Å². The number of aryl methyl sites for hydroxylation is 1. The summed E-state index contributed by atoms with van der Waals surface area (Å²) in [4.78, 5) is 12.5. The average Bonchev–Trinajstić information content (AvgIpc) is 2.85. The van der Waals surface area contributed by atoms with Crippen molar-refractivity contribution in [1.29, 1.82) is 0 Å². The van der Waals surface area contributed by atoms with Gasteiger partial charge >= 0.3 is 0 Å². The summed E-state index contributed by atoms with van der Waals surface area (Å²) < 4.78 is 5.17. The van der Waals surface area contributed by atoms with Gasteiger partial charge in [-0.2, -0.15) is 4.98 Å². The van der Waals surface area contributed by atoms with Crippen LogP contribution in [0.5, 0.6) is 0 Å². The van der Waals surface area contributed by atoms with E-state index >= 15 is 0 Å². The Labute approximate surface area is 106 Å². The van der Waals surface area contributed by atoms with Gasteiger partial charge in [-0.3, -0.25) is 0 Å². The van der Waals surface area contributed by atoms with E-state index < -0.39 is 0 Å². The zero-order chi connectivity index (χ0) is 13.0.